The normalized spacial score (nSPS) is 11.4. The van der Waals surface area contributed by atoms with Crippen molar-refractivity contribution >= 4 is 59.2 Å². The lowest BCUT2D eigenvalue weighted by atomic mass is 10.3. The van der Waals surface area contributed by atoms with Gasteiger partial charge in [0, 0.05) is 15.0 Å². The molecule has 0 heterocycles. The number of anilines is 1. The monoisotopic (exact) mass is 457 g/mol. The number of phenolic OH excluding ortho intramolecular Hbond substituents is 1. The van der Waals surface area contributed by atoms with Gasteiger partial charge >= 0.3 is 0 Å². The largest absolute Gasteiger partial charge is 0.506 e. The number of rotatable bonds is 3. The van der Waals surface area contributed by atoms with Crippen molar-refractivity contribution in [2.24, 2.45) is 0 Å². The molecule has 2 aromatic carbocycles. The van der Waals surface area contributed by atoms with Gasteiger partial charge in [-0.05, 0) is 40.2 Å². The van der Waals surface area contributed by atoms with Gasteiger partial charge in [-0.3, -0.25) is 4.72 Å². The first-order valence-electron chi connectivity index (χ1n) is 5.36. The molecule has 0 saturated heterocycles. The van der Waals surface area contributed by atoms with Crippen molar-refractivity contribution in [3.05, 3.63) is 50.1 Å². The highest BCUT2D eigenvalue weighted by Crippen LogP contribution is 2.33. The summed E-state index contributed by atoms with van der Waals surface area (Å²) in [4.78, 5) is -0.0447. The fraction of sp³-hybridized carbons (Fsp3) is 0. The fourth-order valence-corrected chi connectivity index (χ4v) is 4.23. The van der Waals surface area contributed by atoms with Gasteiger partial charge in [-0.25, -0.2) is 12.8 Å². The third kappa shape index (κ3) is 3.68. The summed E-state index contributed by atoms with van der Waals surface area (Å²) in [7, 11) is -3.99. The Hall–Kier alpha value is -0.830. The Bertz CT molecular complexity index is 814. The van der Waals surface area contributed by atoms with Crippen molar-refractivity contribution in [1.82, 2.24) is 0 Å². The minimum absolute atomic E-state index is 0.0447. The van der Waals surface area contributed by atoms with E-state index in [0.717, 1.165) is 12.1 Å². The van der Waals surface area contributed by atoms with Crippen LogP contribution in [0.2, 0.25) is 5.02 Å². The average molecular weight is 460 g/mol. The quantitative estimate of drug-likeness (QED) is 0.664. The van der Waals surface area contributed by atoms with E-state index in [1.165, 1.54) is 6.07 Å². The molecule has 0 unspecified atom stereocenters. The third-order valence-electron chi connectivity index (χ3n) is 2.47. The highest BCUT2D eigenvalue weighted by atomic mass is 79.9. The van der Waals surface area contributed by atoms with Crippen LogP contribution in [0.4, 0.5) is 10.1 Å². The van der Waals surface area contributed by atoms with Gasteiger partial charge in [0.1, 0.15) is 16.5 Å². The van der Waals surface area contributed by atoms with E-state index in [4.69, 9.17) is 11.6 Å². The molecule has 0 saturated carbocycles. The Morgan fingerprint density at radius 3 is 2.52 bits per heavy atom. The van der Waals surface area contributed by atoms with E-state index in [1.807, 2.05) is 0 Å². The van der Waals surface area contributed by atoms with Gasteiger partial charge in [0.25, 0.3) is 10.0 Å². The Kier molecular flexibility index (Phi) is 4.82. The number of sulfonamides is 1. The average Bonchev–Trinajstić information content (AvgIpc) is 2.38. The summed E-state index contributed by atoms with van der Waals surface area (Å²) in [5, 5.41) is 9.30. The van der Waals surface area contributed by atoms with E-state index in [2.05, 4.69) is 36.6 Å². The number of hydrogen-bond donors (Lipinski definition) is 2. The Morgan fingerprint density at radius 1 is 1.19 bits per heavy atom. The van der Waals surface area contributed by atoms with Crippen molar-refractivity contribution in [2.45, 2.75) is 4.90 Å². The number of halogens is 4. The zero-order chi connectivity index (χ0) is 15.8. The van der Waals surface area contributed by atoms with E-state index < -0.39 is 21.6 Å². The van der Waals surface area contributed by atoms with Crippen LogP contribution < -0.4 is 4.72 Å². The predicted molar refractivity (Wildman–Crippen MR) is 85.7 cm³/mol. The van der Waals surface area contributed by atoms with Crippen LogP contribution in [0.5, 0.6) is 5.75 Å². The van der Waals surface area contributed by atoms with E-state index in [9.17, 15) is 17.9 Å². The summed E-state index contributed by atoms with van der Waals surface area (Å²) < 4.78 is 40.8. The number of aromatic hydroxyl groups is 1. The predicted octanol–water partition coefficient (Wildman–Crippen LogP) is 4.51. The molecular formula is C12H7Br2ClFNO3S. The van der Waals surface area contributed by atoms with Gasteiger partial charge < -0.3 is 5.11 Å². The molecule has 2 N–H and O–H groups in total. The molecule has 0 fully saturated rings. The van der Waals surface area contributed by atoms with Gasteiger partial charge in [-0.2, -0.15) is 0 Å². The summed E-state index contributed by atoms with van der Waals surface area (Å²) in [6.45, 7) is 0. The molecule has 0 amide bonds. The first-order valence-corrected chi connectivity index (χ1v) is 8.81. The second-order valence-corrected chi connectivity index (χ2v) is 7.79. The first-order chi connectivity index (χ1) is 9.70. The second kappa shape index (κ2) is 6.12. The molecule has 2 rings (SSSR count). The topological polar surface area (TPSA) is 66.4 Å². The lowest BCUT2D eigenvalue weighted by Crippen LogP contribution is -2.14. The van der Waals surface area contributed by atoms with Crippen LogP contribution in [0.1, 0.15) is 0 Å². The van der Waals surface area contributed by atoms with E-state index >= 15 is 0 Å². The van der Waals surface area contributed by atoms with E-state index in [0.29, 0.717) is 8.95 Å². The zero-order valence-corrected chi connectivity index (χ0v) is 14.8. The molecule has 0 aromatic heterocycles. The van der Waals surface area contributed by atoms with E-state index in [1.54, 1.807) is 12.1 Å². The highest BCUT2D eigenvalue weighted by Gasteiger charge is 2.20. The Morgan fingerprint density at radius 2 is 1.86 bits per heavy atom. The van der Waals surface area contributed by atoms with Crippen molar-refractivity contribution in [3.63, 3.8) is 0 Å². The van der Waals surface area contributed by atoms with Crippen LogP contribution in [-0.4, -0.2) is 13.5 Å². The van der Waals surface area contributed by atoms with Crippen molar-refractivity contribution in [2.75, 3.05) is 4.72 Å². The summed E-state index contributed by atoms with van der Waals surface area (Å²) in [6, 6.07) is 6.33. The van der Waals surface area contributed by atoms with Gasteiger partial charge in [0.15, 0.2) is 0 Å². The lowest BCUT2D eigenvalue weighted by Gasteiger charge is -2.12. The van der Waals surface area contributed by atoms with Crippen molar-refractivity contribution in [3.8, 4) is 5.75 Å². The number of phenols is 1. The fourth-order valence-electron chi connectivity index (χ4n) is 1.50. The van der Waals surface area contributed by atoms with Crippen LogP contribution in [0.25, 0.3) is 0 Å². The number of hydrogen-bond acceptors (Lipinski definition) is 3. The van der Waals surface area contributed by atoms with E-state index in [-0.39, 0.29) is 15.6 Å². The summed E-state index contributed by atoms with van der Waals surface area (Å²) >= 11 is 11.9. The van der Waals surface area contributed by atoms with Crippen molar-refractivity contribution in [1.29, 1.82) is 0 Å². The van der Waals surface area contributed by atoms with Crippen LogP contribution in [-0.2, 0) is 10.0 Å². The summed E-state index contributed by atoms with van der Waals surface area (Å²) in [6.07, 6.45) is 0. The number of benzene rings is 2. The van der Waals surface area contributed by atoms with Crippen LogP contribution >= 0.6 is 43.5 Å². The molecule has 112 valence electrons. The SMILES string of the molecule is O=S(=O)(Nc1cc(Cl)c(F)cc1O)c1cc(Br)ccc1Br. The maximum atomic E-state index is 13.1. The molecular weight excluding hydrogens is 452 g/mol. The molecule has 0 bridgehead atoms. The zero-order valence-electron chi connectivity index (χ0n) is 10.1. The van der Waals surface area contributed by atoms with Gasteiger partial charge in [0.2, 0.25) is 0 Å². The van der Waals surface area contributed by atoms with Crippen LogP contribution in [0, 0.1) is 5.82 Å². The standard InChI is InChI=1S/C12H7Br2ClFNO3S/c13-6-1-2-7(14)12(3-6)21(19,20)17-10-4-8(15)9(16)5-11(10)18/h1-5,17-18H. The Balaban J connectivity index is 2.47. The molecule has 9 heteroatoms. The van der Waals surface area contributed by atoms with Gasteiger partial charge in [-0.1, -0.05) is 27.5 Å². The molecule has 0 aliphatic heterocycles. The molecule has 0 spiro atoms. The molecule has 4 nitrogen and oxygen atoms in total. The highest BCUT2D eigenvalue weighted by molar-refractivity contribution is 9.11. The molecule has 0 radical (unpaired) electrons. The van der Waals surface area contributed by atoms with Crippen molar-refractivity contribution < 1.29 is 17.9 Å². The summed E-state index contributed by atoms with van der Waals surface area (Å²) in [5.41, 5.74) is -0.215. The molecule has 0 atom stereocenters. The third-order valence-corrected chi connectivity index (χ3v) is 5.61. The smallest absolute Gasteiger partial charge is 0.263 e. The molecule has 2 aromatic rings. The number of nitrogens with one attached hydrogen (secondary N) is 1. The van der Waals surface area contributed by atoms with Crippen LogP contribution in [0.3, 0.4) is 0 Å². The maximum Gasteiger partial charge on any atom is 0.263 e. The maximum absolute atomic E-state index is 13.1. The minimum atomic E-state index is -3.99. The molecule has 21 heavy (non-hydrogen) atoms. The summed E-state index contributed by atoms with van der Waals surface area (Å²) in [5.74, 6) is -1.41. The first kappa shape index (κ1) is 16.5. The van der Waals surface area contributed by atoms with Gasteiger partial charge in [0.05, 0.1) is 10.7 Å². The van der Waals surface area contributed by atoms with Crippen LogP contribution in [0.15, 0.2) is 44.2 Å². The Labute approximate surface area is 142 Å². The molecule has 0 aliphatic rings. The second-order valence-electron chi connectivity index (χ2n) is 3.96. The lowest BCUT2D eigenvalue weighted by molar-refractivity contribution is 0.471. The minimum Gasteiger partial charge on any atom is -0.506 e. The van der Waals surface area contributed by atoms with Gasteiger partial charge in [-0.15, -0.1) is 0 Å². The molecule has 0 aliphatic carbocycles.